The SMILES string of the molecule is Cc1noc(C)c1CN(C)C(=O)C1Cc2ccccc2CN1. The number of fused-ring (bicyclic) bond motifs is 1. The highest BCUT2D eigenvalue weighted by Crippen LogP contribution is 2.19. The number of nitrogens with zero attached hydrogens (tertiary/aromatic N) is 2. The number of likely N-dealkylation sites (N-methyl/N-ethyl adjacent to an activating group) is 1. The molecule has 0 saturated carbocycles. The van der Waals surface area contributed by atoms with Crippen molar-refractivity contribution in [2.45, 2.75) is 39.4 Å². The van der Waals surface area contributed by atoms with E-state index in [1.54, 1.807) is 4.90 Å². The molecule has 22 heavy (non-hydrogen) atoms. The number of hydrogen-bond acceptors (Lipinski definition) is 4. The molecule has 1 aliphatic heterocycles. The van der Waals surface area contributed by atoms with Gasteiger partial charge in [0, 0.05) is 19.2 Å². The number of benzene rings is 1. The standard InChI is InChI=1S/C17H21N3O2/c1-11-15(12(2)22-19-11)10-20(3)17(21)16-8-13-6-4-5-7-14(13)9-18-16/h4-7,16,18H,8-10H2,1-3H3. The molecule has 1 unspecified atom stereocenters. The van der Waals surface area contributed by atoms with Gasteiger partial charge in [0.2, 0.25) is 5.91 Å². The molecule has 5 heteroatoms. The monoisotopic (exact) mass is 299 g/mol. The Morgan fingerprint density at radius 1 is 1.36 bits per heavy atom. The van der Waals surface area contributed by atoms with Crippen LogP contribution in [0, 0.1) is 13.8 Å². The molecule has 0 radical (unpaired) electrons. The summed E-state index contributed by atoms with van der Waals surface area (Å²) < 4.78 is 5.16. The van der Waals surface area contributed by atoms with Gasteiger partial charge in [-0.1, -0.05) is 29.4 Å². The van der Waals surface area contributed by atoms with E-state index in [1.807, 2.05) is 33.0 Å². The molecule has 2 aromatic rings. The number of carbonyl (C=O) groups excluding carboxylic acids is 1. The Hall–Kier alpha value is -2.14. The Kier molecular flexibility index (Phi) is 3.98. The lowest BCUT2D eigenvalue weighted by Crippen LogP contribution is -2.48. The summed E-state index contributed by atoms with van der Waals surface area (Å²) in [5.41, 5.74) is 4.37. The van der Waals surface area contributed by atoms with Gasteiger partial charge in [-0.15, -0.1) is 0 Å². The molecule has 5 nitrogen and oxygen atoms in total. The van der Waals surface area contributed by atoms with Crippen LogP contribution in [-0.4, -0.2) is 29.1 Å². The predicted molar refractivity (Wildman–Crippen MR) is 83.2 cm³/mol. The minimum atomic E-state index is -0.166. The summed E-state index contributed by atoms with van der Waals surface area (Å²) in [5.74, 6) is 0.883. The summed E-state index contributed by atoms with van der Waals surface area (Å²) in [4.78, 5) is 14.4. The van der Waals surface area contributed by atoms with E-state index >= 15 is 0 Å². The van der Waals surface area contributed by atoms with E-state index in [4.69, 9.17) is 4.52 Å². The largest absolute Gasteiger partial charge is 0.361 e. The third-order valence-electron chi connectivity index (χ3n) is 4.33. The number of aryl methyl sites for hydroxylation is 2. The third kappa shape index (κ3) is 2.76. The fourth-order valence-electron chi connectivity index (χ4n) is 2.94. The first-order valence-corrected chi connectivity index (χ1v) is 7.53. The van der Waals surface area contributed by atoms with Gasteiger partial charge in [0.1, 0.15) is 5.76 Å². The maximum absolute atomic E-state index is 12.7. The topological polar surface area (TPSA) is 58.4 Å². The average Bonchev–Trinajstić information content (AvgIpc) is 2.85. The van der Waals surface area contributed by atoms with E-state index < -0.39 is 0 Å². The van der Waals surface area contributed by atoms with E-state index in [9.17, 15) is 4.79 Å². The lowest BCUT2D eigenvalue weighted by Gasteiger charge is -2.29. The predicted octanol–water partition coefficient (Wildman–Crippen LogP) is 1.96. The number of rotatable bonds is 3. The lowest BCUT2D eigenvalue weighted by molar-refractivity contribution is -0.132. The molecule has 3 rings (SSSR count). The van der Waals surface area contributed by atoms with Crippen molar-refractivity contribution in [3.05, 3.63) is 52.4 Å². The highest BCUT2D eigenvalue weighted by Gasteiger charge is 2.27. The fourth-order valence-corrected chi connectivity index (χ4v) is 2.94. The molecule has 1 amide bonds. The van der Waals surface area contributed by atoms with Crippen molar-refractivity contribution in [2.24, 2.45) is 0 Å². The third-order valence-corrected chi connectivity index (χ3v) is 4.33. The second-order valence-corrected chi connectivity index (χ2v) is 5.90. The summed E-state index contributed by atoms with van der Waals surface area (Å²) in [6.07, 6.45) is 0.737. The van der Waals surface area contributed by atoms with Gasteiger partial charge in [-0.25, -0.2) is 0 Å². The first kappa shape index (κ1) is 14.8. The van der Waals surface area contributed by atoms with E-state index in [0.717, 1.165) is 30.0 Å². The molecule has 0 spiro atoms. The number of hydrogen-bond donors (Lipinski definition) is 1. The van der Waals surface area contributed by atoms with Crippen LogP contribution >= 0.6 is 0 Å². The Morgan fingerprint density at radius 3 is 2.77 bits per heavy atom. The molecule has 1 atom stereocenters. The van der Waals surface area contributed by atoms with Crippen LogP contribution in [0.3, 0.4) is 0 Å². The van der Waals surface area contributed by atoms with Crippen molar-refractivity contribution in [3.63, 3.8) is 0 Å². The molecule has 116 valence electrons. The zero-order chi connectivity index (χ0) is 15.7. The van der Waals surface area contributed by atoms with Gasteiger partial charge in [-0.2, -0.15) is 0 Å². The zero-order valence-corrected chi connectivity index (χ0v) is 13.2. The second kappa shape index (κ2) is 5.93. The van der Waals surface area contributed by atoms with Crippen LogP contribution in [0.25, 0.3) is 0 Å². The molecule has 1 aromatic heterocycles. The van der Waals surface area contributed by atoms with Gasteiger partial charge < -0.3 is 14.7 Å². The number of carbonyl (C=O) groups is 1. The van der Waals surface area contributed by atoms with Crippen LogP contribution < -0.4 is 5.32 Å². The van der Waals surface area contributed by atoms with Gasteiger partial charge in [0.25, 0.3) is 0 Å². The van der Waals surface area contributed by atoms with E-state index in [1.165, 1.54) is 11.1 Å². The van der Waals surface area contributed by atoms with Crippen LogP contribution in [0.2, 0.25) is 0 Å². The molecule has 0 bridgehead atoms. The molecular formula is C17H21N3O2. The van der Waals surface area contributed by atoms with E-state index in [0.29, 0.717) is 6.54 Å². The number of aromatic nitrogens is 1. The summed E-state index contributed by atoms with van der Waals surface area (Å²) in [6.45, 7) is 5.05. The van der Waals surface area contributed by atoms with Crippen LogP contribution in [0.4, 0.5) is 0 Å². The molecule has 2 heterocycles. The van der Waals surface area contributed by atoms with Crippen molar-refractivity contribution in [1.29, 1.82) is 0 Å². The van der Waals surface area contributed by atoms with Gasteiger partial charge in [0.15, 0.2) is 0 Å². The fraction of sp³-hybridized carbons (Fsp3) is 0.412. The summed E-state index contributed by atoms with van der Waals surface area (Å²) >= 11 is 0. The molecule has 1 N–H and O–H groups in total. The molecule has 1 aliphatic rings. The quantitative estimate of drug-likeness (QED) is 0.941. The van der Waals surface area contributed by atoms with Crippen molar-refractivity contribution in [2.75, 3.05) is 7.05 Å². The van der Waals surface area contributed by atoms with Crippen LogP contribution in [0.5, 0.6) is 0 Å². The smallest absolute Gasteiger partial charge is 0.240 e. The minimum Gasteiger partial charge on any atom is -0.361 e. The normalized spacial score (nSPS) is 17.1. The van der Waals surface area contributed by atoms with Crippen molar-refractivity contribution in [1.82, 2.24) is 15.4 Å². The minimum absolute atomic E-state index is 0.106. The summed E-state index contributed by atoms with van der Waals surface area (Å²) in [6, 6.07) is 8.10. The van der Waals surface area contributed by atoms with Gasteiger partial charge >= 0.3 is 0 Å². The highest BCUT2D eigenvalue weighted by atomic mass is 16.5. The molecule has 0 aliphatic carbocycles. The first-order chi connectivity index (χ1) is 10.6. The maximum atomic E-state index is 12.7. The van der Waals surface area contributed by atoms with Gasteiger partial charge in [-0.3, -0.25) is 4.79 Å². The van der Waals surface area contributed by atoms with E-state index in [-0.39, 0.29) is 11.9 Å². The van der Waals surface area contributed by atoms with Crippen LogP contribution in [0.15, 0.2) is 28.8 Å². The Bertz CT molecular complexity index is 673. The molecule has 0 saturated heterocycles. The van der Waals surface area contributed by atoms with Crippen molar-refractivity contribution >= 4 is 5.91 Å². The molecular weight excluding hydrogens is 278 g/mol. The Labute approximate surface area is 130 Å². The van der Waals surface area contributed by atoms with E-state index in [2.05, 4.69) is 22.6 Å². The van der Waals surface area contributed by atoms with Gasteiger partial charge in [-0.05, 0) is 31.4 Å². The molecule has 1 aromatic carbocycles. The van der Waals surface area contributed by atoms with Crippen LogP contribution in [0.1, 0.15) is 28.1 Å². The number of nitrogens with one attached hydrogen (secondary N) is 1. The zero-order valence-electron chi connectivity index (χ0n) is 13.2. The summed E-state index contributed by atoms with van der Waals surface area (Å²) in [7, 11) is 1.83. The summed E-state index contributed by atoms with van der Waals surface area (Å²) in [5, 5.41) is 7.28. The van der Waals surface area contributed by atoms with Crippen LogP contribution in [-0.2, 0) is 24.3 Å². The lowest BCUT2D eigenvalue weighted by atomic mass is 9.95. The second-order valence-electron chi connectivity index (χ2n) is 5.90. The Morgan fingerprint density at radius 2 is 2.09 bits per heavy atom. The van der Waals surface area contributed by atoms with Crippen molar-refractivity contribution in [3.8, 4) is 0 Å². The highest BCUT2D eigenvalue weighted by molar-refractivity contribution is 5.82. The average molecular weight is 299 g/mol. The first-order valence-electron chi connectivity index (χ1n) is 7.53. The number of amides is 1. The van der Waals surface area contributed by atoms with Gasteiger partial charge in [0.05, 0.1) is 18.3 Å². The Balaban J connectivity index is 1.69. The molecule has 0 fully saturated rings. The van der Waals surface area contributed by atoms with Crippen molar-refractivity contribution < 1.29 is 9.32 Å². The maximum Gasteiger partial charge on any atom is 0.240 e.